The molecule has 0 atom stereocenters. The molecule has 1 N–H and O–H groups in total. The maximum Gasteiger partial charge on any atom is 0.189 e. The number of halogens is 2. The minimum Gasteiger partial charge on any atom is -0.352 e. The van der Waals surface area contributed by atoms with Crippen molar-refractivity contribution in [1.29, 1.82) is 0 Å². The highest BCUT2D eigenvalue weighted by atomic mass is 35.5. The monoisotopic (exact) mass is 335 g/mol. The minimum atomic E-state index is -0.288. The first-order valence-corrected chi connectivity index (χ1v) is 7.11. The molecule has 0 amide bonds. The van der Waals surface area contributed by atoms with Gasteiger partial charge in [0, 0.05) is 26.2 Å². The van der Waals surface area contributed by atoms with Crippen molar-refractivity contribution >= 4 is 29.4 Å². The first kappa shape index (κ1) is 15.6. The normalized spacial score (nSPS) is 14.7. The topological polar surface area (TPSA) is 71.8 Å². The van der Waals surface area contributed by atoms with E-state index in [1.807, 2.05) is 0 Å². The standard InChI is InChI=1S/C14H14FN7.ClH/c15-10-1-3-11(4-2-10)22-14-12(19-20-22)13(17-9-18-14)21-7-5-16-6-8-21;/h1-4,9,16H,5-8H2;1H. The van der Waals surface area contributed by atoms with Crippen molar-refractivity contribution in [2.75, 3.05) is 31.1 Å². The average Bonchev–Trinajstić information content (AvgIpc) is 3.00. The molecular weight excluding hydrogens is 321 g/mol. The molecular formula is C14H15ClFN7. The van der Waals surface area contributed by atoms with Gasteiger partial charge in [0.1, 0.15) is 12.1 Å². The summed E-state index contributed by atoms with van der Waals surface area (Å²) in [7, 11) is 0. The lowest BCUT2D eigenvalue weighted by Gasteiger charge is -2.28. The molecule has 1 aliphatic rings. The van der Waals surface area contributed by atoms with Crippen molar-refractivity contribution in [3.63, 3.8) is 0 Å². The Balaban J connectivity index is 0.00000156. The zero-order chi connectivity index (χ0) is 14.9. The number of hydrogen-bond donors (Lipinski definition) is 1. The lowest BCUT2D eigenvalue weighted by atomic mass is 10.3. The molecule has 3 heterocycles. The van der Waals surface area contributed by atoms with E-state index in [4.69, 9.17) is 0 Å². The van der Waals surface area contributed by atoms with Crippen molar-refractivity contribution < 1.29 is 4.39 Å². The highest BCUT2D eigenvalue weighted by Gasteiger charge is 2.19. The van der Waals surface area contributed by atoms with E-state index >= 15 is 0 Å². The number of aromatic nitrogens is 5. The Labute approximate surface area is 137 Å². The minimum absolute atomic E-state index is 0. The van der Waals surface area contributed by atoms with Gasteiger partial charge in [-0.05, 0) is 24.3 Å². The van der Waals surface area contributed by atoms with Crippen LogP contribution in [0.4, 0.5) is 10.2 Å². The van der Waals surface area contributed by atoms with Gasteiger partial charge in [0.2, 0.25) is 0 Å². The third-order valence-electron chi connectivity index (χ3n) is 3.71. The number of hydrogen-bond acceptors (Lipinski definition) is 6. The van der Waals surface area contributed by atoms with Crippen molar-refractivity contribution in [3.8, 4) is 5.69 Å². The second-order valence-corrected chi connectivity index (χ2v) is 5.08. The molecule has 1 fully saturated rings. The second kappa shape index (κ2) is 6.43. The number of nitrogens with one attached hydrogen (secondary N) is 1. The molecule has 1 saturated heterocycles. The van der Waals surface area contributed by atoms with E-state index in [9.17, 15) is 4.39 Å². The molecule has 4 rings (SSSR count). The van der Waals surface area contributed by atoms with Gasteiger partial charge in [-0.1, -0.05) is 5.21 Å². The van der Waals surface area contributed by atoms with E-state index in [0.717, 1.165) is 32.0 Å². The van der Waals surface area contributed by atoms with Crippen LogP contribution in [0.3, 0.4) is 0 Å². The summed E-state index contributed by atoms with van der Waals surface area (Å²) < 4.78 is 14.7. The summed E-state index contributed by atoms with van der Waals surface area (Å²) >= 11 is 0. The summed E-state index contributed by atoms with van der Waals surface area (Å²) in [5.74, 6) is 0.504. The molecule has 3 aromatic rings. The van der Waals surface area contributed by atoms with E-state index in [2.05, 4.69) is 30.5 Å². The van der Waals surface area contributed by atoms with E-state index in [-0.39, 0.29) is 18.2 Å². The van der Waals surface area contributed by atoms with Crippen LogP contribution in [-0.2, 0) is 0 Å². The number of nitrogens with zero attached hydrogens (tertiary/aromatic N) is 6. The summed E-state index contributed by atoms with van der Waals surface area (Å²) in [4.78, 5) is 10.8. The lowest BCUT2D eigenvalue weighted by Crippen LogP contribution is -2.44. The number of anilines is 1. The molecule has 1 aliphatic heterocycles. The lowest BCUT2D eigenvalue weighted by molar-refractivity contribution is 0.585. The molecule has 0 aliphatic carbocycles. The van der Waals surface area contributed by atoms with Crippen molar-refractivity contribution in [2.24, 2.45) is 0 Å². The number of piperazine rings is 1. The molecule has 0 spiro atoms. The van der Waals surface area contributed by atoms with Crippen molar-refractivity contribution in [2.45, 2.75) is 0 Å². The molecule has 120 valence electrons. The molecule has 1 aromatic carbocycles. The maximum atomic E-state index is 13.1. The van der Waals surface area contributed by atoms with Crippen molar-refractivity contribution in [1.82, 2.24) is 30.3 Å². The molecule has 23 heavy (non-hydrogen) atoms. The Morgan fingerprint density at radius 3 is 2.52 bits per heavy atom. The Morgan fingerprint density at radius 2 is 1.78 bits per heavy atom. The van der Waals surface area contributed by atoms with Gasteiger partial charge in [0.05, 0.1) is 5.69 Å². The van der Waals surface area contributed by atoms with Crippen LogP contribution >= 0.6 is 12.4 Å². The molecule has 7 nitrogen and oxygen atoms in total. The van der Waals surface area contributed by atoms with Gasteiger partial charge < -0.3 is 10.2 Å². The van der Waals surface area contributed by atoms with E-state index < -0.39 is 0 Å². The molecule has 2 aromatic heterocycles. The molecule has 0 unspecified atom stereocenters. The van der Waals surface area contributed by atoms with E-state index in [1.54, 1.807) is 16.8 Å². The third-order valence-corrected chi connectivity index (χ3v) is 3.71. The largest absolute Gasteiger partial charge is 0.352 e. The summed E-state index contributed by atoms with van der Waals surface area (Å²) in [6.07, 6.45) is 1.52. The summed E-state index contributed by atoms with van der Waals surface area (Å²) in [5.41, 5.74) is 2.00. The van der Waals surface area contributed by atoms with Crippen LogP contribution in [0.1, 0.15) is 0 Å². The first-order chi connectivity index (χ1) is 10.8. The van der Waals surface area contributed by atoms with E-state index in [0.29, 0.717) is 16.9 Å². The number of rotatable bonds is 2. The summed E-state index contributed by atoms with van der Waals surface area (Å²) in [5, 5.41) is 11.7. The van der Waals surface area contributed by atoms with Crippen LogP contribution in [-0.4, -0.2) is 51.1 Å². The fraction of sp³-hybridized carbons (Fsp3) is 0.286. The summed E-state index contributed by atoms with van der Waals surface area (Å²) in [6.45, 7) is 3.57. The zero-order valence-corrected chi connectivity index (χ0v) is 13.0. The smallest absolute Gasteiger partial charge is 0.189 e. The zero-order valence-electron chi connectivity index (χ0n) is 12.2. The molecule has 0 bridgehead atoms. The Hall–Kier alpha value is -2.32. The van der Waals surface area contributed by atoms with Crippen molar-refractivity contribution in [3.05, 3.63) is 36.4 Å². The summed E-state index contributed by atoms with van der Waals surface area (Å²) in [6, 6.07) is 6.08. The van der Waals surface area contributed by atoms with Crippen LogP contribution in [0.2, 0.25) is 0 Å². The number of benzene rings is 1. The second-order valence-electron chi connectivity index (χ2n) is 5.08. The van der Waals surface area contributed by atoms with Gasteiger partial charge >= 0.3 is 0 Å². The fourth-order valence-electron chi connectivity index (χ4n) is 2.60. The SMILES string of the molecule is Cl.Fc1ccc(-n2nnc3c(N4CCNCC4)ncnc32)cc1. The van der Waals surface area contributed by atoms with Gasteiger partial charge in [-0.3, -0.25) is 0 Å². The van der Waals surface area contributed by atoms with E-state index in [1.165, 1.54) is 18.5 Å². The molecule has 9 heteroatoms. The first-order valence-electron chi connectivity index (χ1n) is 7.11. The third kappa shape index (κ3) is 2.82. The highest BCUT2D eigenvalue weighted by molar-refractivity contribution is 5.85. The van der Waals surface area contributed by atoms with Crippen LogP contribution in [0.15, 0.2) is 30.6 Å². The Morgan fingerprint density at radius 1 is 1.04 bits per heavy atom. The Bertz CT molecular complexity index is 798. The van der Waals surface area contributed by atoms with Gasteiger partial charge in [-0.2, -0.15) is 4.68 Å². The van der Waals surface area contributed by atoms with Gasteiger partial charge in [-0.25, -0.2) is 14.4 Å². The quantitative estimate of drug-likeness (QED) is 0.758. The maximum absolute atomic E-state index is 13.1. The van der Waals surface area contributed by atoms with Gasteiger partial charge in [-0.15, -0.1) is 17.5 Å². The predicted molar refractivity (Wildman–Crippen MR) is 86.7 cm³/mol. The van der Waals surface area contributed by atoms with Crippen LogP contribution in [0.5, 0.6) is 0 Å². The van der Waals surface area contributed by atoms with Crippen LogP contribution in [0.25, 0.3) is 16.9 Å². The Kier molecular flexibility index (Phi) is 4.35. The fourth-order valence-corrected chi connectivity index (χ4v) is 2.60. The van der Waals surface area contributed by atoms with Crippen LogP contribution < -0.4 is 10.2 Å². The van der Waals surface area contributed by atoms with Crippen LogP contribution in [0, 0.1) is 5.82 Å². The molecule has 0 saturated carbocycles. The molecule has 0 radical (unpaired) electrons. The highest BCUT2D eigenvalue weighted by Crippen LogP contribution is 2.22. The number of fused-ring (bicyclic) bond motifs is 1. The van der Waals surface area contributed by atoms with Gasteiger partial charge in [0.15, 0.2) is 17.0 Å². The van der Waals surface area contributed by atoms with Gasteiger partial charge in [0.25, 0.3) is 0 Å². The average molecular weight is 336 g/mol. The predicted octanol–water partition coefficient (Wildman–Crippen LogP) is 1.18.